The SMILES string of the molecule is CCC1C(=O)NC(=O)CN1c1ncccc1C=O. The average molecular weight is 247 g/mol. The van der Waals surface area contributed by atoms with Crippen LogP contribution in [-0.2, 0) is 9.59 Å². The smallest absolute Gasteiger partial charge is 0.249 e. The van der Waals surface area contributed by atoms with Crippen LogP contribution in [0, 0.1) is 0 Å². The van der Waals surface area contributed by atoms with Gasteiger partial charge in [-0.1, -0.05) is 6.92 Å². The quantitative estimate of drug-likeness (QED) is 0.607. The standard InChI is InChI=1S/C12H13N3O3/c1-2-9-12(18)14-10(17)6-15(9)11-8(7-16)4-3-5-13-11/h3-5,7,9H,2,6H2,1H3,(H,14,17,18). The van der Waals surface area contributed by atoms with Crippen molar-refractivity contribution in [3.8, 4) is 0 Å². The molecule has 1 unspecified atom stereocenters. The molecule has 2 heterocycles. The van der Waals surface area contributed by atoms with Crippen molar-refractivity contribution in [1.82, 2.24) is 10.3 Å². The zero-order valence-corrected chi connectivity index (χ0v) is 9.92. The highest BCUT2D eigenvalue weighted by atomic mass is 16.2. The van der Waals surface area contributed by atoms with Gasteiger partial charge in [-0.15, -0.1) is 0 Å². The second kappa shape index (κ2) is 4.95. The molecule has 1 N–H and O–H groups in total. The molecule has 1 aliphatic heterocycles. The van der Waals surface area contributed by atoms with Gasteiger partial charge in [-0.2, -0.15) is 0 Å². The first-order chi connectivity index (χ1) is 8.67. The number of aldehydes is 1. The van der Waals surface area contributed by atoms with Gasteiger partial charge in [0.05, 0.1) is 12.1 Å². The molecular weight excluding hydrogens is 234 g/mol. The summed E-state index contributed by atoms with van der Waals surface area (Å²) in [6, 6.07) is 2.77. The molecule has 1 aliphatic rings. The largest absolute Gasteiger partial charge is 0.335 e. The fourth-order valence-corrected chi connectivity index (χ4v) is 2.04. The van der Waals surface area contributed by atoms with E-state index in [1.54, 1.807) is 17.0 Å². The number of hydrogen-bond acceptors (Lipinski definition) is 5. The van der Waals surface area contributed by atoms with E-state index in [4.69, 9.17) is 0 Å². The first kappa shape index (κ1) is 12.2. The van der Waals surface area contributed by atoms with Crippen LogP contribution in [0.3, 0.4) is 0 Å². The summed E-state index contributed by atoms with van der Waals surface area (Å²) in [6.45, 7) is 1.87. The van der Waals surface area contributed by atoms with E-state index < -0.39 is 6.04 Å². The summed E-state index contributed by atoms with van der Waals surface area (Å²) >= 11 is 0. The van der Waals surface area contributed by atoms with Gasteiger partial charge in [0.15, 0.2) is 6.29 Å². The van der Waals surface area contributed by atoms with Gasteiger partial charge < -0.3 is 4.90 Å². The molecule has 0 spiro atoms. The number of nitrogens with zero attached hydrogens (tertiary/aromatic N) is 2. The van der Waals surface area contributed by atoms with Crippen LogP contribution in [0.5, 0.6) is 0 Å². The molecule has 6 nitrogen and oxygen atoms in total. The number of carbonyl (C=O) groups excluding carboxylic acids is 3. The number of rotatable bonds is 3. The predicted molar refractivity (Wildman–Crippen MR) is 64.2 cm³/mol. The lowest BCUT2D eigenvalue weighted by atomic mass is 10.1. The maximum Gasteiger partial charge on any atom is 0.249 e. The Bertz CT molecular complexity index is 501. The lowest BCUT2D eigenvalue weighted by Crippen LogP contribution is -2.58. The second-order valence-corrected chi connectivity index (χ2v) is 4.00. The topological polar surface area (TPSA) is 79.4 Å². The maximum absolute atomic E-state index is 11.7. The molecule has 1 atom stereocenters. The van der Waals surface area contributed by atoms with Crippen LogP contribution < -0.4 is 10.2 Å². The number of pyridine rings is 1. The van der Waals surface area contributed by atoms with Crippen molar-refractivity contribution >= 4 is 23.9 Å². The molecule has 2 rings (SSSR count). The summed E-state index contributed by atoms with van der Waals surface area (Å²) < 4.78 is 0. The van der Waals surface area contributed by atoms with E-state index in [2.05, 4.69) is 10.3 Å². The van der Waals surface area contributed by atoms with Gasteiger partial charge in [-0.05, 0) is 18.6 Å². The number of piperazine rings is 1. The van der Waals surface area contributed by atoms with Gasteiger partial charge in [-0.25, -0.2) is 4.98 Å². The zero-order chi connectivity index (χ0) is 13.1. The van der Waals surface area contributed by atoms with Crippen LogP contribution in [0.1, 0.15) is 23.7 Å². The van der Waals surface area contributed by atoms with E-state index in [0.717, 1.165) is 0 Å². The van der Waals surface area contributed by atoms with Crippen molar-refractivity contribution in [2.45, 2.75) is 19.4 Å². The summed E-state index contributed by atoms with van der Waals surface area (Å²) in [5.74, 6) is -0.356. The molecular formula is C12H13N3O3. The Morgan fingerprint density at radius 3 is 3.00 bits per heavy atom. The molecule has 0 saturated carbocycles. The van der Waals surface area contributed by atoms with Crippen molar-refractivity contribution in [2.24, 2.45) is 0 Å². The number of hydrogen-bond donors (Lipinski definition) is 1. The lowest BCUT2D eigenvalue weighted by Gasteiger charge is -2.34. The number of imide groups is 1. The van der Waals surface area contributed by atoms with Crippen molar-refractivity contribution in [2.75, 3.05) is 11.4 Å². The summed E-state index contributed by atoms with van der Waals surface area (Å²) in [6.07, 6.45) is 2.74. The van der Waals surface area contributed by atoms with E-state index in [1.165, 1.54) is 6.20 Å². The van der Waals surface area contributed by atoms with Crippen molar-refractivity contribution in [1.29, 1.82) is 0 Å². The Morgan fingerprint density at radius 2 is 2.33 bits per heavy atom. The highest BCUT2D eigenvalue weighted by Gasteiger charge is 2.34. The molecule has 0 aliphatic carbocycles. The summed E-state index contributed by atoms with van der Waals surface area (Å²) in [5.41, 5.74) is 0.374. The molecule has 1 aromatic rings. The zero-order valence-electron chi connectivity index (χ0n) is 9.92. The lowest BCUT2D eigenvalue weighted by molar-refractivity contribution is -0.132. The van der Waals surface area contributed by atoms with Gasteiger partial charge in [0.1, 0.15) is 11.9 Å². The van der Waals surface area contributed by atoms with E-state index >= 15 is 0 Å². The van der Waals surface area contributed by atoms with Gasteiger partial charge in [-0.3, -0.25) is 19.7 Å². The van der Waals surface area contributed by atoms with Crippen molar-refractivity contribution in [3.05, 3.63) is 23.9 Å². The molecule has 94 valence electrons. The van der Waals surface area contributed by atoms with Gasteiger partial charge in [0.25, 0.3) is 0 Å². The fraction of sp³-hybridized carbons (Fsp3) is 0.333. The van der Waals surface area contributed by atoms with Gasteiger partial charge in [0, 0.05) is 6.20 Å². The Labute approximate surface area is 104 Å². The molecule has 0 radical (unpaired) electrons. The number of aromatic nitrogens is 1. The van der Waals surface area contributed by atoms with Crippen LogP contribution in [0.2, 0.25) is 0 Å². The average Bonchev–Trinajstić information content (AvgIpc) is 2.38. The van der Waals surface area contributed by atoms with Gasteiger partial charge >= 0.3 is 0 Å². The third kappa shape index (κ3) is 2.09. The molecule has 2 amide bonds. The molecule has 0 aromatic carbocycles. The molecule has 1 aromatic heterocycles. The monoisotopic (exact) mass is 247 g/mol. The van der Waals surface area contributed by atoms with Crippen LogP contribution >= 0.6 is 0 Å². The number of carbonyl (C=O) groups is 3. The minimum atomic E-state index is -0.476. The van der Waals surface area contributed by atoms with E-state index in [1.807, 2.05) is 6.92 Å². The Kier molecular flexibility index (Phi) is 3.36. The summed E-state index contributed by atoms with van der Waals surface area (Å²) in [5, 5.41) is 2.28. The van der Waals surface area contributed by atoms with Gasteiger partial charge in [0.2, 0.25) is 11.8 Å². The molecule has 0 bridgehead atoms. The van der Waals surface area contributed by atoms with Crippen molar-refractivity contribution < 1.29 is 14.4 Å². The first-order valence-corrected chi connectivity index (χ1v) is 5.68. The second-order valence-electron chi connectivity index (χ2n) is 4.00. The minimum Gasteiger partial charge on any atom is -0.335 e. The number of nitrogens with one attached hydrogen (secondary N) is 1. The maximum atomic E-state index is 11.7. The minimum absolute atomic E-state index is 0.0299. The number of anilines is 1. The van der Waals surface area contributed by atoms with Crippen molar-refractivity contribution in [3.63, 3.8) is 0 Å². The first-order valence-electron chi connectivity index (χ1n) is 5.68. The highest BCUT2D eigenvalue weighted by Crippen LogP contribution is 2.21. The van der Waals surface area contributed by atoms with Crippen LogP contribution in [0.4, 0.5) is 5.82 Å². The molecule has 1 fully saturated rings. The Hall–Kier alpha value is -2.24. The highest BCUT2D eigenvalue weighted by molar-refractivity contribution is 6.05. The third-order valence-corrected chi connectivity index (χ3v) is 2.86. The molecule has 18 heavy (non-hydrogen) atoms. The third-order valence-electron chi connectivity index (χ3n) is 2.86. The van der Waals surface area contributed by atoms with Crippen LogP contribution in [0.25, 0.3) is 0 Å². The normalized spacial score (nSPS) is 19.6. The molecule has 1 saturated heterocycles. The van der Waals surface area contributed by atoms with E-state index in [9.17, 15) is 14.4 Å². The Balaban J connectivity index is 2.42. The van der Waals surface area contributed by atoms with E-state index in [0.29, 0.717) is 24.1 Å². The summed E-state index contributed by atoms with van der Waals surface area (Å²) in [4.78, 5) is 39.8. The molecule has 6 heteroatoms. The van der Waals surface area contributed by atoms with E-state index in [-0.39, 0.29) is 18.4 Å². The predicted octanol–water partition coefficient (Wildman–Crippen LogP) is 0.135. The van der Waals surface area contributed by atoms with Crippen LogP contribution in [-0.4, -0.2) is 35.7 Å². The Morgan fingerprint density at radius 1 is 1.56 bits per heavy atom. The summed E-state index contributed by atoms with van der Waals surface area (Å²) in [7, 11) is 0. The number of amides is 2. The fourth-order valence-electron chi connectivity index (χ4n) is 2.04. The van der Waals surface area contributed by atoms with Crippen LogP contribution in [0.15, 0.2) is 18.3 Å².